The minimum Gasteiger partial charge on any atom is -0.398 e. The second-order valence-corrected chi connectivity index (χ2v) is 18.3. The highest BCUT2D eigenvalue weighted by atomic mass is 14.6. The lowest BCUT2D eigenvalue weighted by Gasteiger charge is -2.26. The van der Waals surface area contributed by atoms with E-state index in [1.807, 2.05) is 42.5 Å². The van der Waals surface area contributed by atoms with Gasteiger partial charge in [-0.05, 0) is 156 Å². The molecule has 0 atom stereocenters. The third-order valence-corrected chi connectivity index (χ3v) is 13.9. The largest absolute Gasteiger partial charge is 0.398 e. The molecule has 4 N–H and O–H groups in total. The van der Waals surface area contributed by atoms with E-state index in [0.717, 1.165) is 61.3 Å². The van der Waals surface area contributed by atoms with Gasteiger partial charge < -0.3 is 11.5 Å². The summed E-state index contributed by atoms with van der Waals surface area (Å²) in [7, 11) is 0. The first-order valence-electron chi connectivity index (χ1n) is 22.0. The molecule has 0 bridgehead atoms. The maximum Gasteiger partial charge on any atom is 0.0991 e. The van der Waals surface area contributed by atoms with Crippen molar-refractivity contribution < 1.29 is 0 Å². The molecule has 0 amide bonds. The van der Waals surface area contributed by atoms with Crippen molar-refractivity contribution in [3.8, 4) is 45.5 Å². The molecule has 64 heavy (non-hydrogen) atoms. The smallest absolute Gasteiger partial charge is 0.0991 e. The van der Waals surface area contributed by atoms with Gasteiger partial charge in [0.05, 0.1) is 23.3 Å². The van der Waals surface area contributed by atoms with Crippen LogP contribution < -0.4 is 11.5 Å². The number of benzene rings is 7. The van der Waals surface area contributed by atoms with Crippen molar-refractivity contribution in [1.29, 1.82) is 10.5 Å². The van der Waals surface area contributed by atoms with Gasteiger partial charge in [0.2, 0.25) is 0 Å². The number of hydrogen-bond donors (Lipinski definition) is 2. The Morgan fingerprint density at radius 2 is 1.17 bits per heavy atom. The standard InChI is InChI=1S/C60H48N4/c1-59(2)53-14-7-5-11-45(53)47-27-24-42(32-55(47)59)50-34-52-44(30-41(50)26-29-57(63)40-22-20-39(36-62)21-23-40)31-51(49(58(52)64)13-9-10-37-16-18-38(35-61)19-17-37)43-25-28-48-46-12-6-8-15-54(46)60(3,4)56(48)33-43/h5-9,11-29,31-34H,10,30,63-64H2,1-4H3/b13-9-,41-26+,57-29-. The molecule has 3 aliphatic rings. The molecule has 7 aromatic rings. The van der Waals surface area contributed by atoms with E-state index in [1.165, 1.54) is 44.5 Å². The molecule has 0 saturated carbocycles. The van der Waals surface area contributed by atoms with Gasteiger partial charge in [-0.15, -0.1) is 0 Å². The molecule has 0 unspecified atom stereocenters. The summed E-state index contributed by atoms with van der Waals surface area (Å²) in [6.45, 7) is 9.28. The first kappa shape index (κ1) is 40.2. The van der Waals surface area contributed by atoms with Gasteiger partial charge in [0, 0.05) is 33.3 Å². The molecule has 3 aliphatic carbocycles. The molecule has 0 aromatic heterocycles. The fourth-order valence-corrected chi connectivity index (χ4v) is 10.3. The zero-order valence-corrected chi connectivity index (χ0v) is 36.6. The van der Waals surface area contributed by atoms with Crippen LogP contribution in [0.4, 0.5) is 5.69 Å². The summed E-state index contributed by atoms with van der Waals surface area (Å²) >= 11 is 0. The van der Waals surface area contributed by atoms with Gasteiger partial charge in [0.15, 0.2) is 0 Å². The van der Waals surface area contributed by atoms with Crippen LogP contribution in [0.2, 0.25) is 0 Å². The summed E-state index contributed by atoms with van der Waals surface area (Å²) in [6.07, 6.45) is 12.2. The fourth-order valence-electron chi connectivity index (χ4n) is 10.3. The summed E-state index contributed by atoms with van der Waals surface area (Å²) in [5.74, 6) is 0. The zero-order chi connectivity index (χ0) is 44.3. The quantitative estimate of drug-likeness (QED) is 0.156. The Morgan fingerprint density at radius 3 is 1.78 bits per heavy atom. The van der Waals surface area contributed by atoms with E-state index in [-0.39, 0.29) is 10.8 Å². The number of nitrogen functional groups attached to an aromatic ring is 1. The zero-order valence-electron chi connectivity index (χ0n) is 36.6. The summed E-state index contributed by atoms with van der Waals surface area (Å²) in [4.78, 5) is 0. The normalized spacial score (nSPS) is 15.7. The summed E-state index contributed by atoms with van der Waals surface area (Å²) in [5.41, 5.74) is 37.7. The van der Waals surface area contributed by atoms with E-state index >= 15 is 0 Å². The van der Waals surface area contributed by atoms with Gasteiger partial charge in [-0.3, -0.25) is 0 Å². The fraction of sp³-hybridized carbons (Fsp3) is 0.133. The van der Waals surface area contributed by atoms with Gasteiger partial charge in [-0.2, -0.15) is 10.5 Å². The summed E-state index contributed by atoms with van der Waals surface area (Å²) in [5, 5.41) is 18.8. The lowest BCUT2D eigenvalue weighted by atomic mass is 9.78. The van der Waals surface area contributed by atoms with Crippen molar-refractivity contribution in [3.05, 3.63) is 230 Å². The summed E-state index contributed by atoms with van der Waals surface area (Å²) in [6, 6.07) is 53.3. The van der Waals surface area contributed by atoms with Crippen molar-refractivity contribution in [3.63, 3.8) is 0 Å². The minimum absolute atomic E-state index is 0.159. The van der Waals surface area contributed by atoms with Crippen LogP contribution in [0.1, 0.15) is 94.5 Å². The predicted octanol–water partition coefficient (Wildman–Crippen LogP) is 13.6. The Bertz CT molecular complexity index is 3280. The predicted molar refractivity (Wildman–Crippen MR) is 265 cm³/mol. The molecule has 10 rings (SSSR count). The Morgan fingerprint density at radius 1 is 0.625 bits per heavy atom. The van der Waals surface area contributed by atoms with Crippen molar-refractivity contribution in [2.45, 2.75) is 51.4 Å². The topological polar surface area (TPSA) is 99.6 Å². The summed E-state index contributed by atoms with van der Waals surface area (Å²) < 4.78 is 0. The number of rotatable bonds is 7. The van der Waals surface area contributed by atoms with Crippen molar-refractivity contribution in [2.75, 3.05) is 5.73 Å². The Hall–Kier alpha value is -7.92. The molecule has 7 aromatic carbocycles. The van der Waals surface area contributed by atoms with E-state index < -0.39 is 0 Å². The maximum atomic E-state index is 9.40. The van der Waals surface area contributed by atoms with Crippen LogP contribution in [0.25, 0.3) is 56.8 Å². The number of allylic oxidation sites excluding steroid dienone is 5. The van der Waals surface area contributed by atoms with Crippen molar-refractivity contribution >= 4 is 29.1 Å². The number of nitrogens with zero attached hydrogens (tertiary/aromatic N) is 2. The lowest BCUT2D eigenvalue weighted by molar-refractivity contribution is 0.660. The van der Waals surface area contributed by atoms with Crippen LogP contribution in [0.3, 0.4) is 0 Å². The Labute approximate surface area is 376 Å². The van der Waals surface area contributed by atoms with E-state index in [2.05, 4.69) is 155 Å². The van der Waals surface area contributed by atoms with Gasteiger partial charge in [0.1, 0.15) is 0 Å². The monoisotopic (exact) mass is 824 g/mol. The van der Waals surface area contributed by atoms with Crippen LogP contribution in [0.15, 0.2) is 163 Å². The molecule has 4 heteroatoms. The maximum absolute atomic E-state index is 9.40. The number of anilines is 1. The van der Waals surface area contributed by atoms with E-state index in [0.29, 0.717) is 29.7 Å². The van der Waals surface area contributed by atoms with Crippen LogP contribution in [0.5, 0.6) is 0 Å². The molecular formula is C60H48N4. The van der Waals surface area contributed by atoms with Crippen LogP contribution in [-0.4, -0.2) is 0 Å². The number of fused-ring (bicyclic) bond motifs is 7. The highest BCUT2D eigenvalue weighted by Gasteiger charge is 2.37. The van der Waals surface area contributed by atoms with Crippen LogP contribution >= 0.6 is 0 Å². The molecule has 4 nitrogen and oxygen atoms in total. The SMILES string of the molecule is CC1(C)c2ccccc2-c2ccc(C3=Cc4c(cc(-c5ccc6c(c5)C(C)(C)c5ccccc5-6)c(/C=C\Cc5ccc(C#N)cc5)c4N)C/C3=C\C=C(/N)c3ccc(C#N)cc3)cc21. The molecule has 0 saturated heterocycles. The van der Waals surface area contributed by atoms with Gasteiger partial charge in [-0.1, -0.05) is 143 Å². The van der Waals surface area contributed by atoms with Gasteiger partial charge in [0.25, 0.3) is 0 Å². The first-order valence-corrected chi connectivity index (χ1v) is 22.0. The number of nitrogens with two attached hydrogens (primary N) is 2. The van der Waals surface area contributed by atoms with Crippen LogP contribution in [0, 0.1) is 22.7 Å². The number of nitriles is 2. The average molecular weight is 825 g/mol. The lowest BCUT2D eigenvalue weighted by Crippen LogP contribution is -2.15. The third-order valence-electron chi connectivity index (χ3n) is 13.9. The van der Waals surface area contributed by atoms with Gasteiger partial charge in [-0.25, -0.2) is 0 Å². The van der Waals surface area contributed by atoms with E-state index in [1.54, 1.807) is 12.1 Å². The molecule has 0 spiro atoms. The minimum atomic E-state index is -0.161. The average Bonchev–Trinajstić information content (AvgIpc) is 3.70. The molecule has 0 heterocycles. The Balaban J connectivity index is 1.14. The molecule has 308 valence electrons. The second kappa shape index (κ2) is 15.5. The van der Waals surface area contributed by atoms with E-state index in [9.17, 15) is 10.5 Å². The molecule has 0 radical (unpaired) electrons. The second-order valence-electron chi connectivity index (χ2n) is 18.3. The molecule has 0 fully saturated rings. The van der Waals surface area contributed by atoms with Crippen molar-refractivity contribution in [2.24, 2.45) is 5.73 Å². The highest BCUT2D eigenvalue weighted by molar-refractivity contribution is 6.01. The van der Waals surface area contributed by atoms with Gasteiger partial charge >= 0.3 is 0 Å². The Kier molecular flexibility index (Phi) is 9.70. The third kappa shape index (κ3) is 6.68. The van der Waals surface area contributed by atoms with E-state index in [4.69, 9.17) is 11.5 Å². The highest BCUT2D eigenvalue weighted by Crippen LogP contribution is 2.52. The van der Waals surface area contributed by atoms with Crippen LogP contribution in [-0.2, 0) is 23.7 Å². The first-order chi connectivity index (χ1) is 31.0. The molecule has 0 aliphatic heterocycles. The number of hydrogen-bond acceptors (Lipinski definition) is 4. The molecular weight excluding hydrogens is 777 g/mol. The van der Waals surface area contributed by atoms with Crippen molar-refractivity contribution in [1.82, 2.24) is 0 Å².